The maximum atomic E-state index is 6.65. The lowest BCUT2D eigenvalue weighted by atomic mass is 10.0. The van der Waals surface area contributed by atoms with Gasteiger partial charge in [-0.1, -0.05) is 91.0 Å². The highest BCUT2D eigenvalue weighted by Gasteiger charge is 2.21. The van der Waals surface area contributed by atoms with Crippen LogP contribution in [0.5, 0.6) is 0 Å². The van der Waals surface area contributed by atoms with E-state index in [1.807, 2.05) is 18.2 Å². The second-order valence-electron chi connectivity index (χ2n) is 13.7. The van der Waals surface area contributed by atoms with Gasteiger partial charge in [0.25, 0.3) is 0 Å². The first kappa shape index (κ1) is 27.7. The topological polar surface area (TPSA) is 36.1 Å². The SMILES string of the molecule is c1ccc(-n2c3cc(-c4ccc5c(c4)c4c6oc7ccccc7c6ccc4n5-c4ccccc4)ccc3c3cc4oc5ccccc5c4cc32)cc1. The standard InChI is InChI=1S/C48H28N2O2/c1-3-11-31(12-4-1)49-40-23-20-29(25-39(40)47-41(49)24-22-36-34-15-7-10-18-45(34)52-48(36)47)30-19-21-33-37-28-46-38(35-16-8-9-17-44(35)51-46)27-43(37)50(42(33)26-30)32-13-5-2-6-14-32/h1-28H. The summed E-state index contributed by atoms with van der Waals surface area (Å²) in [6, 6.07) is 60.6. The maximum absolute atomic E-state index is 6.65. The fourth-order valence-electron chi connectivity index (χ4n) is 8.59. The first-order valence-corrected chi connectivity index (χ1v) is 17.7. The van der Waals surface area contributed by atoms with E-state index in [1.54, 1.807) is 0 Å². The molecule has 0 radical (unpaired) electrons. The number of nitrogens with zero attached hydrogens (tertiary/aromatic N) is 2. The van der Waals surface area contributed by atoms with Crippen molar-refractivity contribution in [3.63, 3.8) is 0 Å². The number of rotatable bonds is 3. The Labute approximate surface area is 296 Å². The second-order valence-corrected chi connectivity index (χ2v) is 13.7. The molecule has 12 rings (SSSR count). The molecule has 4 heterocycles. The van der Waals surface area contributed by atoms with Crippen molar-refractivity contribution >= 4 is 87.5 Å². The van der Waals surface area contributed by atoms with Crippen molar-refractivity contribution in [3.8, 4) is 22.5 Å². The van der Waals surface area contributed by atoms with E-state index in [0.717, 1.165) is 99.2 Å². The number of hydrogen-bond donors (Lipinski definition) is 0. The van der Waals surface area contributed by atoms with Crippen molar-refractivity contribution in [1.82, 2.24) is 9.13 Å². The largest absolute Gasteiger partial charge is 0.456 e. The molecule has 0 amide bonds. The number of aromatic nitrogens is 2. The van der Waals surface area contributed by atoms with Crippen LogP contribution in [-0.2, 0) is 0 Å². The highest BCUT2D eigenvalue weighted by Crippen LogP contribution is 2.43. The van der Waals surface area contributed by atoms with Crippen LogP contribution in [-0.4, -0.2) is 9.13 Å². The van der Waals surface area contributed by atoms with E-state index in [4.69, 9.17) is 8.83 Å². The maximum Gasteiger partial charge on any atom is 0.145 e. The van der Waals surface area contributed by atoms with Gasteiger partial charge in [0.15, 0.2) is 0 Å². The molecule has 12 aromatic rings. The van der Waals surface area contributed by atoms with Gasteiger partial charge >= 0.3 is 0 Å². The lowest BCUT2D eigenvalue weighted by Crippen LogP contribution is -1.93. The molecule has 0 aliphatic heterocycles. The smallest absolute Gasteiger partial charge is 0.145 e. The second kappa shape index (κ2) is 10.3. The van der Waals surface area contributed by atoms with Crippen LogP contribution in [0.4, 0.5) is 0 Å². The summed E-state index contributed by atoms with van der Waals surface area (Å²) in [6.45, 7) is 0. The van der Waals surface area contributed by atoms with E-state index in [2.05, 4.69) is 161 Å². The van der Waals surface area contributed by atoms with Crippen molar-refractivity contribution in [2.24, 2.45) is 0 Å². The first-order chi connectivity index (χ1) is 25.8. The molecule has 52 heavy (non-hydrogen) atoms. The zero-order valence-electron chi connectivity index (χ0n) is 27.9. The Balaban J connectivity index is 1.14. The van der Waals surface area contributed by atoms with Gasteiger partial charge in [0.1, 0.15) is 22.3 Å². The Morgan fingerprint density at radius 3 is 1.65 bits per heavy atom. The van der Waals surface area contributed by atoms with E-state index >= 15 is 0 Å². The predicted molar refractivity (Wildman–Crippen MR) is 215 cm³/mol. The lowest BCUT2D eigenvalue weighted by Gasteiger charge is -2.10. The van der Waals surface area contributed by atoms with Crippen LogP contribution in [0.15, 0.2) is 179 Å². The number of benzene rings is 8. The summed E-state index contributed by atoms with van der Waals surface area (Å²) in [5, 5.41) is 9.18. The molecular weight excluding hydrogens is 637 g/mol. The fourth-order valence-corrected chi connectivity index (χ4v) is 8.59. The van der Waals surface area contributed by atoms with Gasteiger partial charge in [0, 0.05) is 49.1 Å². The predicted octanol–water partition coefficient (Wildman–Crippen LogP) is 13.3. The molecule has 0 spiro atoms. The highest BCUT2D eigenvalue weighted by molar-refractivity contribution is 6.24. The monoisotopic (exact) mass is 664 g/mol. The van der Waals surface area contributed by atoms with Crippen LogP contribution in [0, 0.1) is 0 Å². The van der Waals surface area contributed by atoms with Crippen LogP contribution in [0.1, 0.15) is 0 Å². The molecule has 4 heteroatoms. The molecule has 0 saturated carbocycles. The summed E-state index contributed by atoms with van der Waals surface area (Å²) >= 11 is 0. The first-order valence-electron chi connectivity index (χ1n) is 17.7. The molecule has 0 aliphatic carbocycles. The Morgan fingerprint density at radius 2 is 0.885 bits per heavy atom. The van der Waals surface area contributed by atoms with Gasteiger partial charge in [-0.15, -0.1) is 0 Å². The molecule has 0 saturated heterocycles. The van der Waals surface area contributed by atoms with Crippen LogP contribution in [0.2, 0.25) is 0 Å². The van der Waals surface area contributed by atoms with E-state index in [9.17, 15) is 0 Å². The van der Waals surface area contributed by atoms with Crippen molar-refractivity contribution in [2.45, 2.75) is 0 Å². The average Bonchev–Trinajstić information content (AvgIpc) is 3.94. The number of hydrogen-bond acceptors (Lipinski definition) is 2. The molecule has 4 aromatic heterocycles. The molecule has 0 fully saturated rings. The summed E-state index contributed by atoms with van der Waals surface area (Å²) < 4.78 is 17.8. The number of fused-ring (bicyclic) bond motifs is 13. The molecule has 0 N–H and O–H groups in total. The molecule has 242 valence electrons. The van der Waals surface area contributed by atoms with Crippen LogP contribution >= 0.6 is 0 Å². The number of furan rings is 2. The van der Waals surface area contributed by atoms with E-state index < -0.39 is 0 Å². The summed E-state index contributed by atoms with van der Waals surface area (Å²) in [5.74, 6) is 0. The van der Waals surface area contributed by atoms with Gasteiger partial charge < -0.3 is 18.0 Å². The summed E-state index contributed by atoms with van der Waals surface area (Å²) in [5.41, 5.74) is 12.8. The molecule has 0 atom stereocenters. The van der Waals surface area contributed by atoms with Crippen LogP contribution in [0.25, 0.3) is 110 Å². The minimum Gasteiger partial charge on any atom is -0.456 e. The Bertz CT molecular complexity index is 3400. The minimum atomic E-state index is 0.904. The van der Waals surface area contributed by atoms with Crippen LogP contribution in [0.3, 0.4) is 0 Å². The third kappa shape index (κ3) is 3.75. The highest BCUT2D eigenvalue weighted by atomic mass is 16.3. The average molecular weight is 665 g/mol. The number of para-hydroxylation sites is 4. The third-order valence-corrected chi connectivity index (χ3v) is 10.9. The Morgan fingerprint density at radius 1 is 0.308 bits per heavy atom. The van der Waals surface area contributed by atoms with Gasteiger partial charge in [-0.05, 0) is 90.0 Å². The summed E-state index contributed by atoms with van der Waals surface area (Å²) in [7, 11) is 0. The zero-order valence-corrected chi connectivity index (χ0v) is 27.9. The summed E-state index contributed by atoms with van der Waals surface area (Å²) in [6.07, 6.45) is 0. The molecule has 0 unspecified atom stereocenters. The minimum absolute atomic E-state index is 0.904. The van der Waals surface area contributed by atoms with Gasteiger partial charge in [-0.2, -0.15) is 0 Å². The van der Waals surface area contributed by atoms with E-state index in [-0.39, 0.29) is 0 Å². The normalized spacial score (nSPS) is 12.2. The molecular formula is C48H28N2O2. The molecule has 4 nitrogen and oxygen atoms in total. The zero-order chi connectivity index (χ0) is 33.9. The van der Waals surface area contributed by atoms with Gasteiger partial charge in [0.2, 0.25) is 0 Å². The lowest BCUT2D eigenvalue weighted by molar-refractivity contribution is 0.669. The van der Waals surface area contributed by atoms with Crippen molar-refractivity contribution in [1.29, 1.82) is 0 Å². The molecule has 0 bridgehead atoms. The summed E-state index contributed by atoms with van der Waals surface area (Å²) in [4.78, 5) is 0. The Kier molecular flexibility index (Phi) is 5.47. The Hall–Kier alpha value is -7.04. The van der Waals surface area contributed by atoms with Crippen molar-refractivity contribution in [2.75, 3.05) is 0 Å². The quantitative estimate of drug-likeness (QED) is 0.188. The molecule has 0 aliphatic rings. The van der Waals surface area contributed by atoms with Crippen molar-refractivity contribution < 1.29 is 8.83 Å². The molecule has 8 aromatic carbocycles. The third-order valence-electron chi connectivity index (χ3n) is 10.9. The van der Waals surface area contributed by atoms with Gasteiger partial charge in [-0.25, -0.2) is 0 Å². The fraction of sp³-hybridized carbons (Fsp3) is 0. The van der Waals surface area contributed by atoms with Crippen LogP contribution < -0.4 is 0 Å². The van der Waals surface area contributed by atoms with E-state index in [1.165, 1.54) is 10.8 Å². The van der Waals surface area contributed by atoms with Gasteiger partial charge in [-0.3, -0.25) is 0 Å². The van der Waals surface area contributed by atoms with Crippen molar-refractivity contribution in [3.05, 3.63) is 170 Å². The van der Waals surface area contributed by atoms with E-state index in [0.29, 0.717) is 0 Å². The van der Waals surface area contributed by atoms with Gasteiger partial charge in [0.05, 0.1) is 27.5 Å².